The second-order valence-electron chi connectivity index (χ2n) is 8.87. The van der Waals surface area contributed by atoms with Crippen LogP contribution in [0, 0.1) is 6.92 Å². The summed E-state index contributed by atoms with van der Waals surface area (Å²) < 4.78 is 14.1. The molecule has 2 N–H and O–H groups in total. The number of aromatic nitrogens is 2. The molecule has 2 heterocycles. The Hall–Kier alpha value is -1.48. The highest BCUT2D eigenvalue weighted by Crippen LogP contribution is 2.45. The van der Waals surface area contributed by atoms with Gasteiger partial charge in [-0.2, -0.15) is 0 Å². The van der Waals surface area contributed by atoms with Crippen molar-refractivity contribution < 1.29 is 14.3 Å². The van der Waals surface area contributed by atoms with E-state index in [9.17, 15) is 14.7 Å². The van der Waals surface area contributed by atoms with E-state index in [0.717, 1.165) is 0 Å². The minimum Gasteiger partial charge on any atom is -0.411 e. The van der Waals surface area contributed by atoms with Crippen LogP contribution >= 0.6 is 0 Å². The molecule has 0 saturated carbocycles. The molecular formula is C19H32N2O5Si. The molecule has 1 aliphatic heterocycles. The van der Waals surface area contributed by atoms with E-state index in [2.05, 4.69) is 45.4 Å². The Balaban J connectivity index is 2.44. The first-order valence-electron chi connectivity index (χ1n) is 9.26. The molecule has 1 fully saturated rings. The monoisotopic (exact) mass is 396 g/mol. The maximum Gasteiger partial charge on any atom is 0.330 e. The average Bonchev–Trinajstić information content (AvgIpc) is 2.88. The number of aryl methyl sites for hydroxylation is 1. The number of aromatic amines is 1. The zero-order chi connectivity index (χ0) is 20.6. The molecule has 0 amide bonds. The Kier molecular flexibility index (Phi) is 6.06. The summed E-state index contributed by atoms with van der Waals surface area (Å²) in [7, 11) is -2.14. The van der Waals surface area contributed by atoms with E-state index in [-0.39, 0.29) is 17.7 Å². The van der Waals surface area contributed by atoms with Crippen molar-refractivity contribution in [2.45, 2.75) is 76.6 Å². The largest absolute Gasteiger partial charge is 0.411 e. The number of hydrogen-bond donors (Lipinski definition) is 2. The Morgan fingerprint density at radius 2 is 2.11 bits per heavy atom. The van der Waals surface area contributed by atoms with E-state index >= 15 is 0 Å². The molecule has 7 nitrogen and oxygen atoms in total. The summed E-state index contributed by atoms with van der Waals surface area (Å²) in [4.78, 5) is 26.3. The van der Waals surface area contributed by atoms with Crippen molar-refractivity contribution in [1.29, 1.82) is 0 Å². The van der Waals surface area contributed by atoms with E-state index in [4.69, 9.17) is 9.16 Å². The van der Waals surface area contributed by atoms with Gasteiger partial charge < -0.3 is 14.3 Å². The van der Waals surface area contributed by atoms with Crippen LogP contribution in [0.1, 0.15) is 45.4 Å². The van der Waals surface area contributed by atoms with Crippen molar-refractivity contribution >= 4 is 8.32 Å². The fourth-order valence-corrected chi connectivity index (χ4v) is 4.45. The summed E-state index contributed by atoms with van der Waals surface area (Å²) >= 11 is 0. The highest BCUT2D eigenvalue weighted by atomic mass is 28.4. The van der Waals surface area contributed by atoms with Crippen LogP contribution in [0.15, 0.2) is 28.4 Å². The van der Waals surface area contributed by atoms with Gasteiger partial charge in [0.05, 0.1) is 12.7 Å². The number of rotatable bonds is 6. The topological polar surface area (TPSA) is 93.5 Å². The van der Waals surface area contributed by atoms with Crippen LogP contribution in [0.25, 0.3) is 0 Å². The van der Waals surface area contributed by atoms with Crippen molar-refractivity contribution in [1.82, 2.24) is 9.55 Å². The lowest BCUT2D eigenvalue weighted by Gasteiger charge is -2.42. The predicted molar refractivity (Wildman–Crippen MR) is 107 cm³/mol. The molecule has 1 aliphatic rings. The molecule has 27 heavy (non-hydrogen) atoms. The van der Waals surface area contributed by atoms with Crippen LogP contribution in [0.5, 0.6) is 0 Å². The van der Waals surface area contributed by atoms with Gasteiger partial charge in [0.1, 0.15) is 11.8 Å². The number of nitrogens with one attached hydrogen (secondary N) is 1. The van der Waals surface area contributed by atoms with E-state index in [1.165, 1.54) is 10.8 Å². The summed E-state index contributed by atoms with van der Waals surface area (Å²) in [6, 6.07) is 0. The van der Waals surface area contributed by atoms with Crippen LogP contribution in [-0.2, 0) is 9.16 Å². The molecule has 8 heteroatoms. The number of nitrogens with zero attached hydrogens (tertiary/aromatic N) is 1. The fraction of sp³-hybridized carbons (Fsp3) is 0.684. The molecule has 1 aromatic rings. The molecule has 3 atom stereocenters. The quantitative estimate of drug-likeness (QED) is 0.569. The van der Waals surface area contributed by atoms with Gasteiger partial charge in [0.15, 0.2) is 8.32 Å². The molecular weight excluding hydrogens is 364 g/mol. The first kappa shape index (κ1) is 21.8. The maximum absolute atomic E-state index is 12.3. The van der Waals surface area contributed by atoms with E-state index < -0.39 is 31.4 Å². The fourth-order valence-electron chi connectivity index (χ4n) is 3.08. The van der Waals surface area contributed by atoms with Gasteiger partial charge in [0.25, 0.3) is 5.56 Å². The van der Waals surface area contributed by atoms with E-state index in [0.29, 0.717) is 18.4 Å². The predicted octanol–water partition coefficient (Wildman–Crippen LogP) is 2.46. The zero-order valence-corrected chi connectivity index (χ0v) is 18.2. The molecule has 1 saturated heterocycles. The standard InChI is InChI=1S/C19H32N2O5Si/c1-8-9-19(12-22)14(26-27(6,7)18(3,4)5)10-15(25-19)21-11-13(2)16(23)20-17(21)24/h8,11,14-15,22H,1,9-10,12H2,2-7H3,(H,20,23,24)/t14-,15-,19-/m1/s1. The maximum atomic E-state index is 12.3. The molecule has 0 aliphatic carbocycles. The number of aliphatic hydroxyl groups excluding tert-OH is 1. The van der Waals surface area contributed by atoms with Gasteiger partial charge in [-0.15, -0.1) is 6.58 Å². The highest BCUT2D eigenvalue weighted by Gasteiger charge is 2.52. The van der Waals surface area contributed by atoms with Crippen molar-refractivity contribution in [2.75, 3.05) is 6.61 Å². The van der Waals surface area contributed by atoms with Crippen molar-refractivity contribution in [3.05, 3.63) is 45.3 Å². The number of ether oxygens (including phenoxy) is 1. The molecule has 0 radical (unpaired) electrons. The third-order valence-electron chi connectivity index (χ3n) is 5.83. The SMILES string of the molecule is C=CC[C@]1(CO)O[C@@H](n2cc(C)c(=O)[nH]c2=O)C[C@H]1O[Si](C)(C)C(C)(C)C. The Morgan fingerprint density at radius 3 is 2.63 bits per heavy atom. The molecule has 1 aromatic heterocycles. The Labute approximate surface area is 161 Å². The molecule has 152 valence electrons. The lowest BCUT2D eigenvalue weighted by atomic mass is 9.94. The lowest BCUT2D eigenvalue weighted by molar-refractivity contribution is -0.123. The zero-order valence-electron chi connectivity index (χ0n) is 17.2. The van der Waals surface area contributed by atoms with Gasteiger partial charge in [-0.25, -0.2) is 4.79 Å². The molecule has 0 spiro atoms. The molecule has 0 unspecified atom stereocenters. The second kappa shape index (κ2) is 7.50. The van der Waals surface area contributed by atoms with Crippen LogP contribution in [0.3, 0.4) is 0 Å². The van der Waals surface area contributed by atoms with Crippen LogP contribution < -0.4 is 11.2 Å². The Morgan fingerprint density at radius 1 is 1.48 bits per heavy atom. The highest BCUT2D eigenvalue weighted by molar-refractivity contribution is 6.74. The molecule has 2 rings (SSSR count). The van der Waals surface area contributed by atoms with Crippen LogP contribution in [0.2, 0.25) is 18.1 Å². The number of H-pyrrole nitrogens is 1. The minimum absolute atomic E-state index is 0.00806. The van der Waals surface area contributed by atoms with Crippen LogP contribution in [-0.4, -0.2) is 41.3 Å². The number of aliphatic hydroxyl groups is 1. The summed E-state index contributed by atoms with van der Waals surface area (Å²) in [5, 5.41) is 10.2. The van der Waals surface area contributed by atoms with Crippen molar-refractivity contribution in [2.24, 2.45) is 0 Å². The Bertz CT molecular complexity index is 808. The first-order chi connectivity index (χ1) is 12.4. The van der Waals surface area contributed by atoms with Gasteiger partial charge >= 0.3 is 5.69 Å². The van der Waals surface area contributed by atoms with E-state index in [1.54, 1.807) is 13.0 Å². The summed E-state index contributed by atoms with van der Waals surface area (Å²) in [5.74, 6) is 0. The lowest BCUT2D eigenvalue weighted by Crippen LogP contribution is -2.52. The third kappa shape index (κ3) is 4.18. The molecule has 0 bridgehead atoms. The second-order valence-corrected chi connectivity index (χ2v) is 13.6. The van der Waals surface area contributed by atoms with Crippen molar-refractivity contribution in [3.8, 4) is 0 Å². The molecule has 0 aromatic carbocycles. The smallest absolute Gasteiger partial charge is 0.330 e. The van der Waals surface area contributed by atoms with Gasteiger partial charge in [0.2, 0.25) is 0 Å². The normalized spacial score (nSPS) is 26.3. The average molecular weight is 397 g/mol. The van der Waals surface area contributed by atoms with Crippen LogP contribution in [0.4, 0.5) is 0 Å². The summed E-state index contributed by atoms with van der Waals surface area (Å²) in [6.07, 6.45) is 2.99. The summed E-state index contributed by atoms with van der Waals surface area (Å²) in [5.41, 5.74) is -1.49. The summed E-state index contributed by atoms with van der Waals surface area (Å²) in [6.45, 7) is 15.9. The van der Waals surface area contributed by atoms with Gasteiger partial charge in [-0.3, -0.25) is 14.3 Å². The van der Waals surface area contributed by atoms with Crippen molar-refractivity contribution in [3.63, 3.8) is 0 Å². The van der Waals surface area contributed by atoms with Gasteiger partial charge in [-0.1, -0.05) is 26.8 Å². The first-order valence-corrected chi connectivity index (χ1v) is 12.2. The van der Waals surface area contributed by atoms with Gasteiger partial charge in [-0.05, 0) is 31.5 Å². The third-order valence-corrected chi connectivity index (χ3v) is 10.3. The minimum atomic E-state index is -2.14. The van der Waals surface area contributed by atoms with Gasteiger partial charge in [0, 0.05) is 18.2 Å². The van der Waals surface area contributed by atoms with E-state index in [1.807, 2.05) is 0 Å². The number of hydrogen-bond acceptors (Lipinski definition) is 5.